The van der Waals surface area contributed by atoms with Gasteiger partial charge in [0.15, 0.2) is 11.3 Å². The second kappa shape index (κ2) is 9.41. The Morgan fingerprint density at radius 1 is 1.16 bits per heavy atom. The third-order valence-electron chi connectivity index (χ3n) is 4.75. The molecule has 0 atom stereocenters. The highest BCUT2D eigenvalue weighted by atomic mass is 32.2. The molecule has 31 heavy (non-hydrogen) atoms. The number of benzene rings is 1. The lowest BCUT2D eigenvalue weighted by Gasteiger charge is -2.20. The van der Waals surface area contributed by atoms with Gasteiger partial charge in [-0.3, -0.25) is 0 Å². The Morgan fingerprint density at radius 3 is 2.58 bits per heavy atom. The normalized spacial score (nSPS) is 18.3. The van der Waals surface area contributed by atoms with Gasteiger partial charge in [-0.05, 0) is 32.1 Å². The maximum atomic E-state index is 9.56. The molecule has 2 aliphatic heterocycles. The molecular formula is C24H20N4O2S. The van der Waals surface area contributed by atoms with Crippen molar-refractivity contribution in [2.75, 3.05) is 18.1 Å². The Labute approximate surface area is 186 Å². The molecule has 0 fully saturated rings. The number of para-hydroxylation sites is 1. The summed E-state index contributed by atoms with van der Waals surface area (Å²) in [5, 5.41) is 38.2. The van der Waals surface area contributed by atoms with E-state index in [1.54, 1.807) is 49.9 Å². The first-order chi connectivity index (χ1) is 15.0. The highest BCUT2D eigenvalue weighted by Gasteiger charge is 2.38. The zero-order valence-electron chi connectivity index (χ0n) is 17.2. The number of aliphatic hydroxyl groups excluding tert-OH is 1. The molecule has 0 spiro atoms. The minimum Gasteiger partial charge on any atom is -0.480 e. The van der Waals surface area contributed by atoms with E-state index >= 15 is 0 Å². The van der Waals surface area contributed by atoms with Crippen molar-refractivity contribution in [1.29, 1.82) is 15.8 Å². The van der Waals surface area contributed by atoms with E-state index in [-0.39, 0.29) is 23.5 Å². The van der Waals surface area contributed by atoms with Crippen molar-refractivity contribution < 1.29 is 9.84 Å². The number of nitriles is 3. The van der Waals surface area contributed by atoms with Crippen LogP contribution in [0.25, 0.3) is 0 Å². The van der Waals surface area contributed by atoms with Crippen LogP contribution in [-0.4, -0.2) is 23.9 Å². The number of hydrogen-bond acceptors (Lipinski definition) is 7. The Balaban J connectivity index is 1.84. The van der Waals surface area contributed by atoms with E-state index in [4.69, 9.17) is 15.3 Å². The number of anilines is 1. The third kappa shape index (κ3) is 4.42. The molecule has 1 N–H and O–H groups in total. The van der Waals surface area contributed by atoms with E-state index in [2.05, 4.69) is 17.0 Å². The predicted molar refractivity (Wildman–Crippen MR) is 119 cm³/mol. The summed E-state index contributed by atoms with van der Waals surface area (Å²) in [4.78, 5) is 3.21. The van der Waals surface area contributed by atoms with Gasteiger partial charge in [0, 0.05) is 17.0 Å². The zero-order valence-corrected chi connectivity index (χ0v) is 18.0. The Kier molecular flexibility index (Phi) is 6.68. The summed E-state index contributed by atoms with van der Waals surface area (Å²) in [6.07, 6.45) is 9.24. The van der Waals surface area contributed by atoms with E-state index in [1.807, 2.05) is 36.4 Å². The fraction of sp³-hybridized carbons (Fsp3) is 0.208. The average Bonchev–Trinajstić information content (AvgIpc) is 3.23. The van der Waals surface area contributed by atoms with Crippen molar-refractivity contribution in [3.8, 4) is 18.2 Å². The lowest BCUT2D eigenvalue weighted by atomic mass is 9.95. The van der Waals surface area contributed by atoms with Crippen LogP contribution in [0.5, 0.6) is 0 Å². The molecule has 1 aromatic rings. The van der Waals surface area contributed by atoms with Gasteiger partial charge >= 0.3 is 0 Å². The maximum Gasteiger partial charge on any atom is 0.172 e. The first kappa shape index (κ1) is 22.0. The van der Waals surface area contributed by atoms with Gasteiger partial charge in [-0.25, -0.2) is 0 Å². The van der Waals surface area contributed by atoms with E-state index < -0.39 is 5.60 Å². The lowest BCUT2D eigenvalue weighted by molar-refractivity contribution is 0.0954. The third-order valence-corrected chi connectivity index (χ3v) is 5.88. The van der Waals surface area contributed by atoms with Crippen LogP contribution < -0.4 is 4.90 Å². The molecule has 0 saturated carbocycles. The lowest BCUT2D eigenvalue weighted by Crippen LogP contribution is -2.21. The van der Waals surface area contributed by atoms with E-state index in [9.17, 15) is 10.4 Å². The molecule has 0 radical (unpaired) electrons. The van der Waals surface area contributed by atoms with E-state index in [1.165, 1.54) is 0 Å². The van der Waals surface area contributed by atoms with Crippen molar-refractivity contribution in [2.45, 2.75) is 24.3 Å². The van der Waals surface area contributed by atoms with Crippen LogP contribution in [0.15, 0.2) is 87.0 Å². The van der Waals surface area contributed by atoms with Gasteiger partial charge < -0.3 is 14.7 Å². The van der Waals surface area contributed by atoms with Crippen LogP contribution in [0.2, 0.25) is 0 Å². The summed E-state index contributed by atoms with van der Waals surface area (Å²) < 4.78 is 5.74. The highest BCUT2D eigenvalue weighted by Crippen LogP contribution is 2.45. The number of ether oxygens (including phenoxy) is 1. The molecule has 0 bridgehead atoms. The van der Waals surface area contributed by atoms with E-state index in [0.29, 0.717) is 12.1 Å². The van der Waals surface area contributed by atoms with Crippen LogP contribution in [0, 0.1) is 34.0 Å². The summed E-state index contributed by atoms with van der Waals surface area (Å²) in [7, 11) is 0. The van der Waals surface area contributed by atoms with Gasteiger partial charge in [0.1, 0.15) is 29.4 Å². The van der Waals surface area contributed by atoms with Crippen LogP contribution in [-0.2, 0) is 4.74 Å². The second-order valence-corrected chi connectivity index (χ2v) is 8.20. The summed E-state index contributed by atoms with van der Waals surface area (Å²) >= 11 is 1.64. The quantitative estimate of drug-likeness (QED) is 0.545. The van der Waals surface area contributed by atoms with Gasteiger partial charge in [-0.15, -0.1) is 0 Å². The number of thioether (sulfide) groups is 1. The number of allylic oxidation sites excluding steroid dienone is 6. The van der Waals surface area contributed by atoms with Crippen LogP contribution in [0.3, 0.4) is 0 Å². The fourth-order valence-corrected chi connectivity index (χ4v) is 4.44. The largest absolute Gasteiger partial charge is 0.480 e. The Morgan fingerprint density at radius 2 is 1.90 bits per heavy atom. The number of β-amino-alcohol motifs (C(OH)–C–C–N with tert-alkyl or cyclic N) is 1. The minimum absolute atomic E-state index is 0.0306. The predicted octanol–water partition coefficient (Wildman–Crippen LogP) is 4.48. The van der Waals surface area contributed by atoms with Gasteiger partial charge in [0.2, 0.25) is 0 Å². The first-order valence-electron chi connectivity index (χ1n) is 9.56. The molecule has 2 aliphatic rings. The molecule has 0 amide bonds. The van der Waals surface area contributed by atoms with Crippen molar-refractivity contribution in [2.24, 2.45) is 0 Å². The molecule has 6 nitrogen and oxygen atoms in total. The second-order valence-electron chi connectivity index (χ2n) is 7.13. The molecule has 0 saturated heterocycles. The number of fused-ring (bicyclic) bond motifs is 1. The fourth-order valence-electron chi connectivity index (χ4n) is 3.34. The average molecular weight is 429 g/mol. The van der Waals surface area contributed by atoms with Crippen molar-refractivity contribution in [3.05, 3.63) is 82.2 Å². The number of hydrogen-bond donors (Lipinski definition) is 1. The van der Waals surface area contributed by atoms with Crippen LogP contribution in [0.4, 0.5) is 5.69 Å². The molecule has 0 aliphatic carbocycles. The first-order valence-corrected chi connectivity index (χ1v) is 10.4. The standard InChI is InChI=1S/C24H20N4O2S/c1-24(2)19(18(16-27)23(30-24)17(14-25)15-26)8-4-3-5-11-22-28(12-13-29)20-9-6-7-10-21(20)31-22/h3-11,29H,12-13H2,1-2H3/b5-3+,8-4+,22-11+. The van der Waals surface area contributed by atoms with Crippen molar-refractivity contribution >= 4 is 17.4 Å². The number of rotatable bonds is 5. The van der Waals surface area contributed by atoms with Crippen molar-refractivity contribution in [3.63, 3.8) is 0 Å². The summed E-state index contributed by atoms with van der Waals surface area (Å²) in [5.74, 6) is 0.0306. The van der Waals surface area contributed by atoms with E-state index in [0.717, 1.165) is 15.6 Å². The molecule has 7 heteroatoms. The summed E-state index contributed by atoms with van der Waals surface area (Å²) in [6.45, 7) is 4.14. The summed E-state index contributed by atoms with van der Waals surface area (Å²) in [5.41, 5.74) is 0.839. The van der Waals surface area contributed by atoms with Gasteiger partial charge in [0.25, 0.3) is 0 Å². The van der Waals surface area contributed by atoms with Crippen molar-refractivity contribution in [1.82, 2.24) is 0 Å². The molecule has 154 valence electrons. The zero-order chi connectivity index (χ0) is 22.4. The van der Waals surface area contributed by atoms with Gasteiger partial charge in [-0.2, -0.15) is 15.8 Å². The highest BCUT2D eigenvalue weighted by molar-refractivity contribution is 8.03. The van der Waals surface area contributed by atoms with Gasteiger partial charge in [0.05, 0.1) is 17.3 Å². The molecule has 0 aromatic heterocycles. The van der Waals surface area contributed by atoms with Crippen LogP contribution in [0.1, 0.15) is 13.8 Å². The smallest absolute Gasteiger partial charge is 0.172 e. The number of aliphatic hydroxyl groups is 1. The maximum absolute atomic E-state index is 9.56. The Hall–Kier alpha value is -3.70. The summed E-state index contributed by atoms with van der Waals surface area (Å²) in [6, 6.07) is 13.7. The molecule has 2 heterocycles. The monoisotopic (exact) mass is 428 g/mol. The molecular weight excluding hydrogens is 408 g/mol. The molecule has 3 rings (SSSR count). The SMILES string of the molecule is CC1(C)OC(=C(C#N)C#N)C(C#N)=C1/C=C/C=C/C=C1/Sc2ccccc2N1CCO. The molecule has 0 unspecified atom stereocenters. The number of nitrogens with zero attached hydrogens (tertiary/aromatic N) is 4. The Bertz CT molecular complexity index is 1150. The molecule has 1 aromatic carbocycles. The minimum atomic E-state index is -0.830. The topological polar surface area (TPSA) is 104 Å². The van der Waals surface area contributed by atoms with Gasteiger partial charge in [-0.1, -0.05) is 48.2 Å². The van der Waals surface area contributed by atoms with Crippen LogP contribution >= 0.6 is 11.8 Å².